The van der Waals surface area contributed by atoms with E-state index in [1.54, 1.807) is 10.9 Å². The molecule has 3 aromatic rings. The van der Waals surface area contributed by atoms with E-state index < -0.39 is 11.4 Å². The second kappa shape index (κ2) is 10.2. The number of para-hydroxylation sites is 1. The fourth-order valence-corrected chi connectivity index (χ4v) is 4.24. The molecular formula is C26H28N6O. The molecule has 1 fully saturated rings. The van der Waals surface area contributed by atoms with Gasteiger partial charge in [0.25, 0.3) is 5.91 Å². The number of rotatable bonds is 8. The monoisotopic (exact) mass is 440 g/mol. The Morgan fingerprint density at radius 3 is 2.42 bits per heavy atom. The highest BCUT2D eigenvalue weighted by Crippen LogP contribution is 2.35. The minimum atomic E-state index is -0.546. The maximum absolute atomic E-state index is 12.1. The topological polar surface area (TPSA) is 100.0 Å². The third kappa shape index (κ3) is 5.30. The zero-order valence-corrected chi connectivity index (χ0v) is 18.5. The number of carbonyl (C=O) groups is 1. The van der Waals surface area contributed by atoms with Crippen LogP contribution in [0.15, 0.2) is 72.9 Å². The van der Waals surface area contributed by atoms with Crippen molar-refractivity contribution in [3.05, 3.63) is 84.1 Å². The molecule has 0 radical (unpaired) electrons. The van der Waals surface area contributed by atoms with E-state index in [2.05, 4.69) is 45.7 Å². The number of aromatic nitrogens is 2. The van der Waals surface area contributed by atoms with E-state index in [1.165, 1.54) is 5.56 Å². The lowest BCUT2D eigenvalue weighted by Gasteiger charge is -2.40. The number of hydrogen-bond donors (Lipinski definition) is 2. The largest absolute Gasteiger partial charge is 0.365 e. The molecule has 0 saturated carbocycles. The predicted octanol–water partition coefficient (Wildman–Crippen LogP) is 4.14. The van der Waals surface area contributed by atoms with Crippen molar-refractivity contribution in [3.63, 3.8) is 0 Å². The van der Waals surface area contributed by atoms with E-state index in [0.29, 0.717) is 17.8 Å². The van der Waals surface area contributed by atoms with Gasteiger partial charge in [0, 0.05) is 31.5 Å². The van der Waals surface area contributed by atoms with Gasteiger partial charge in [-0.15, -0.1) is 0 Å². The van der Waals surface area contributed by atoms with Crippen molar-refractivity contribution in [2.24, 2.45) is 5.73 Å². The number of nitriles is 1. The molecule has 0 spiro atoms. The summed E-state index contributed by atoms with van der Waals surface area (Å²) in [7, 11) is 0. The van der Waals surface area contributed by atoms with E-state index in [-0.39, 0.29) is 0 Å². The SMILES string of the molecule is N#CCC1(n2cc(C(N)=O)c(Nc3ccccc3)n2)CCN(CC=Cc2ccccc2)CC1. The summed E-state index contributed by atoms with van der Waals surface area (Å²) in [5, 5.41) is 17.5. The molecule has 0 atom stereocenters. The van der Waals surface area contributed by atoms with Gasteiger partial charge in [-0.05, 0) is 30.5 Å². The van der Waals surface area contributed by atoms with Gasteiger partial charge in [-0.1, -0.05) is 60.7 Å². The summed E-state index contributed by atoms with van der Waals surface area (Å²) in [5.41, 5.74) is 7.50. The van der Waals surface area contributed by atoms with Crippen LogP contribution in [0.5, 0.6) is 0 Å². The second-order valence-corrected chi connectivity index (χ2v) is 8.36. The van der Waals surface area contributed by atoms with Gasteiger partial charge >= 0.3 is 0 Å². The summed E-state index contributed by atoms with van der Waals surface area (Å²) >= 11 is 0. The average Bonchev–Trinajstić information content (AvgIpc) is 3.27. The molecular weight excluding hydrogens is 412 g/mol. The molecule has 3 N–H and O–H groups in total. The Morgan fingerprint density at radius 1 is 1.12 bits per heavy atom. The van der Waals surface area contributed by atoms with E-state index >= 15 is 0 Å². The molecule has 4 rings (SSSR count). The molecule has 168 valence electrons. The van der Waals surface area contributed by atoms with Gasteiger partial charge in [0.15, 0.2) is 5.82 Å². The van der Waals surface area contributed by atoms with Crippen LogP contribution in [-0.4, -0.2) is 40.2 Å². The van der Waals surface area contributed by atoms with Crippen molar-refractivity contribution in [2.75, 3.05) is 25.0 Å². The molecule has 0 unspecified atom stereocenters. The molecule has 0 bridgehead atoms. The van der Waals surface area contributed by atoms with Gasteiger partial charge in [-0.25, -0.2) is 0 Å². The zero-order valence-electron chi connectivity index (χ0n) is 18.5. The molecule has 33 heavy (non-hydrogen) atoms. The van der Waals surface area contributed by atoms with E-state index in [0.717, 1.165) is 38.2 Å². The molecule has 2 aromatic carbocycles. The molecule has 7 heteroatoms. The smallest absolute Gasteiger partial charge is 0.254 e. The van der Waals surface area contributed by atoms with Crippen molar-refractivity contribution >= 4 is 23.5 Å². The standard InChI is InChI=1S/C26H28N6O/c27-16-13-26(14-18-31(19-15-26)17-7-10-21-8-3-1-4-9-21)32-20-23(24(28)33)25(30-32)29-22-11-5-2-6-12-22/h1-12,20H,13-15,17-19H2,(H2,28,33)(H,29,30). The summed E-state index contributed by atoms with van der Waals surface area (Å²) < 4.78 is 1.79. The third-order valence-electron chi connectivity index (χ3n) is 6.17. The minimum Gasteiger partial charge on any atom is -0.365 e. The highest BCUT2D eigenvalue weighted by Gasteiger charge is 2.38. The molecule has 2 heterocycles. The van der Waals surface area contributed by atoms with Crippen LogP contribution < -0.4 is 11.1 Å². The van der Waals surface area contributed by atoms with Gasteiger partial charge in [-0.3, -0.25) is 14.4 Å². The summed E-state index contributed by atoms with van der Waals surface area (Å²) in [6.07, 6.45) is 7.86. The van der Waals surface area contributed by atoms with Crippen LogP contribution >= 0.6 is 0 Å². The van der Waals surface area contributed by atoms with Crippen LogP contribution in [0.25, 0.3) is 6.08 Å². The molecule has 1 aliphatic rings. The number of benzene rings is 2. The fourth-order valence-electron chi connectivity index (χ4n) is 4.24. The quantitative estimate of drug-likeness (QED) is 0.548. The van der Waals surface area contributed by atoms with E-state index in [1.807, 2.05) is 48.5 Å². The first-order valence-corrected chi connectivity index (χ1v) is 11.1. The van der Waals surface area contributed by atoms with E-state index in [9.17, 15) is 10.1 Å². The Morgan fingerprint density at radius 2 is 1.79 bits per heavy atom. The Labute approximate surface area is 194 Å². The first-order valence-electron chi connectivity index (χ1n) is 11.1. The summed E-state index contributed by atoms with van der Waals surface area (Å²) in [4.78, 5) is 14.5. The van der Waals surface area contributed by atoms with Crippen LogP contribution in [-0.2, 0) is 5.54 Å². The molecule has 1 amide bonds. The fraction of sp³-hybridized carbons (Fsp3) is 0.269. The van der Waals surface area contributed by atoms with Gasteiger partial charge < -0.3 is 11.1 Å². The lowest BCUT2D eigenvalue weighted by molar-refractivity contribution is 0.0997. The number of nitrogens with two attached hydrogens (primary N) is 1. The number of piperidine rings is 1. The van der Waals surface area contributed by atoms with Gasteiger partial charge in [0.05, 0.1) is 18.0 Å². The average molecular weight is 441 g/mol. The van der Waals surface area contributed by atoms with Crippen molar-refractivity contribution in [2.45, 2.75) is 24.8 Å². The van der Waals surface area contributed by atoms with Gasteiger partial charge in [0.1, 0.15) is 5.56 Å². The Kier molecular flexibility index (Phi) is 6.86. The second-order valence-electron chi connectivity index (χ2n) is 8.36. The normalized spacial score (nSPS) is 15.8. The maximum Gasteiger partial charge on any atom is 0.254 e. The number of anilines is 2. The lowest BCUT2D eigenvalue weighted by atomic mass is 9.85. The molecule has 1 aliphatic heterocycles. The minimum absolute atomic E-state index is 0.324. The molecule has 1 saturated heterocycles. The Bertz CT molecular complexity index is 1140. The van der Waals surface area contributed by atoms with Crippen molar-refractivity contribution < 1.29 is 4.79 Å². The number of carbonyl (C=O) groups excluding carboxylic acids is 1. The van der Waals surface area contributed by atoms with Crippen LogP contribution in [0.4, 0.5) is 11.5 Å². The number of amides is 1. The molecule has 7 nitrogen and oxygen atoms in total. The summed E-state index contributed by atoms with van der Waals surface area (Å²) in [6, 6.07) is 22.1. The van der Waals surface area contributed by atoms with Crippen LogP contribution in [0.1, 0.15) is 35.2 Å². The van der Waals surface area contributed by atoms with Crippen molar-refractivity contribution in [3.8, 4) is 6.07 Å². The zero-order chi connectivity index (χ0) is 23.1. The predicted molar refractivity (Wildman–Crippen MR) is 130 cm³/mol. The molecule has 0 aliphatic carbocycles. The highest BCUT2D eigenvalue weighted by atomic mass is 16.1. The number of nitrogens with zero attached hydrogens (tertiary/aromatic N) is 4. The van der Waals surface area contributed by atoms with Gasteiger partial charge in [0.2, 0.25) is 0 Å². The number of likely N-dealkylation sites (tertiary alicyclic amines) is 1. The first-order chi connectivity index (χ1) is 16.1. The van der Waals surface area contributed by atoms with Crippen LogP contribution in [0, 0.1) is 11.3 Å². The first kappa shape index (κ1) is 22.3. The maximum atomic E-state index is 12.1. The van der Waals surface area contributed by atoms with Crippen molar-refractivity contribution in [1.29, 1.82) is 5.26 Å². The van der Waals surface area contributed by atoms with E-state index in [4.69, 9.17) is 5.73 Å². The Hall–Kier alpha value is -3.89. The lowest BCUT2D eigenvalue weighted by Crippen LogP contribution is -2.46. The van der Waals surface area contributed by atoms with Crippen LogP contribution in [0.2, 0.25) is 0 Å². The number of nitrogens with one attached hydrogen (secondary N) is 1. The van der Waals surface area contributed by atoms with Gasteiger partial charge in [-0.2, -0.15) is 10.4 Å². The third-order valence-corrected chi connectivity index (χ3v) is 6.17. The van der Waals surface area contributed by atoms with Crippen LogP contribution in [0.3, 0.4) is 0 Å². The number of hydrogen-bond acceptors (Lipinski definition) is 5. The summed E-state index contributed by atoms with van der Waals surface area (Å²) in [6.45, 7) is 2.53. The Balaban J connectivity index is 1.49. The molecule has 1 aromatic heterocycles. The van der Waals surface area contributed by atoms with Crippen molar-refractivity contribution in [1.82, 2.24) is 14.7 Å². The number of primary amides is 1. The highest BCUT2D eigenvalue weighted by molar-refractivity contribution is 5.98. The summed E-state index contributed by atoms with van der Waals surface area (Å²) in [5.74, 6) is -0.130.